The molecule has 1 aromatic carbocycles. The van der Waals surface area contributed by atoms with Crippen molar-refractivity contribution in [1.29, 1.82) is 0 Å². The van der Waals surface area contributed by atoms with Crippen molar-refractivity contribution >= 4 is 36.4 Å². The molecule has 3 rings (SSSR count). The molecule has 1 N–H and O–H groups in total. The minimum absolute atomic E-state index is 0. The summed E-state index contributed by atoms with van der Waals surface area (Å²) in [5.74, 6) is 1.18. The number of amides is 1. The van der Waals surface area contributed by atoms with Crippen LogP contribution in [0.3, 0.4) is 0 Å². The van der Waals surface area contributed by atoms with Crippen molar-refractivity contribution in [2.24, 2.45) is 5.41 Å². The third-order valence-corrected chi connectivity index (χ3v) is 4.87. The first-order chi connectivity index (χ1) is 10.6. The Morgan fingerprint density at radius 2 is 1.92 bits per heavy atom. The van der Waals surface area contributed by atoms with E-state index in [0.717, 1.165) is 51.4 Å². The van der Waals surface area contributed by atoms with Crippen molar-refractivity contribution in [3.05, 3.63) is 24.3 Å². The number of anilines is 1. The molecule has 2 aliphatic heterocycles. The number of hydrogen-bond donors (Lipinski definition) is 1. The summed E-state index contributed by atoms with van der Waals surface area (Å²) in [7, 11) is 1.69. The second-order valence-electron chi connectivity index (χ2n) is 6.47. The summed E-state index contributed by atoms with van der Waals surface area (Å²) in [6.07, 6.45) is 0.946. The van der Waals surface area contributed by atoms with E-state index < -0.39 is 0 Å². The standard InChI is InChI=1S/C17H25N3O2.2ClH/c1-17(6-7-18-13-17)16(21)20-10-8-19(9-11-20)14-4-3-5-15(12-14)22-2;;/h3-5,12,18H,6-11,13H2,1-2H3;2*1H. The predicted molar refractivity (Wildman–Crippen MR) is 102 cm³/mol. The molecule has 2 saturated heterocycles. The van der Waals surface area contributed by atoms with Crippen LogP contribution < -0.4 is 15.0 Å². The van der Waals surface area contributed by atoms with Crippen molar-refractivity contribution in [3.8, 4) is 5.75 Å². The van der Waals surface area contributed by atoms with Gasteiger partial charge in [0.15, 0.2) is 0 Å². The second kappa shape index (κ2) is 8.79. The third-order valence-electron chi connectivity index (χ3n) is 4.87. The van der Waals surface area contributed by atoms with Gasteiger partial charge in [-0.05, 0) is 32.0 Å². The molecule has 1 atom stereocenters. The van der Waals surface area contributed by atoms with Crippen LogP contribution in [0, 0.1) is 5.41 Å². The minimum Gasteiger partial charge on any atom is -0.497 e. The van der Waals surface area contributed by atoms with Crippen LogP contribution >= 0.6 is 24.8 Å². The summed E-state index contributed by atoms with van der Waals surface area (Å²) >= 11 is 0. The summed E-state index contributed by atoms with van der Waals surface area (Å²) in [5, 5.41) is 3.31. The van der Waals surface area contributed by atoms with Crippen LogP contribution in [0.5, 0.6) is 5.75 Å². The molecule has 0 saturated carbocycles. The molecular formula is C17H27Cl2N3O2. The molecular weight excluding hydrogens is 349 g/mol. The van der Waals surface area contributed by atoms with Gasteiger partial charge in [-0.3, -0.25) is 4.79 Å². The largest absolute Gasteiger partial charge is 0.497 e. The maximum atomic E-state index is 12.7. The van der Waals surface area contributed by atoms with E-state index in [4.69, 9.17) is 4.74 Å². The van der Waals surface area contributed by atoms with Gasteiger partial charge in [0.1, 0.15) is 5.75 Å². The van der Waals surface area contributed by atoms with Gasteiger partial charge in [-0.2, -0.15) is 0 Å². The lowest BCUT2D eigenvalue weighted by Gasteiger charge is -2.39. The molecule has 0 aliphatic carbocycles. The highest BCUT2D eigenvalue weighted by Crippen LogP contribution is 2.28. The molecule has 24 heavy (non-hydrogen) atoms. The van der Waals surface area contributed by atoms with Crippen LogP contribution in [-0.2, 0) is 4.79 Å². The average molecular weight is 376 g/mol. The van der Waals surface area contributed by atoms with E-state index in [1.165, 1.54) is 5.69 Å². The lowest BCUT2D eigenvalue weighted by Crippen LogP contribution is -2.53. The number of rotatable bonds is 3. The fourth-order valence-corrected chi connectivity index (χ4v) is 3.36. The van der Waals surface area contributed by atoms with Crippen LogP contribution in [0.15, 0.2) is 24.3 Å². The molecule has 2 fully saturated rings. The van der Waals surface area contributed by atoms with Crippen LogP contribution in [0.1, 0.15) is 13.3 Å². The SMILES string of the molecule is COc1cccc(N2CCN(C(=O)C3(C)CCNC3)CC2)c1.Cl.Cl. The topological polar surface area (TPSA) is 44.8 Å². The highest BCUT2D eigenvalue weighted by molar-refractivity contribution is 5.85. The zero-order chi connectivity index (χ0) is 15.6. The summed E-state index contributed by atoms with van der Waals surface area (Å²) in [5.41, 5.74) is 0.957. The average Bonchev–Trinajstić information content (AvgIpc) is 3.02. The first-order valence-corrected chi connectivity index (χ1v) is 8.01. The molecule has 1 aromatic rings. The normalized spacial score (nSPS) is 23.2. The van der Waals surface area contributed by atoms with Gasteiger partial charge in [-0.25, -0.2) is 0 Å². The fourth-order valence-electron chi connectivity index (χ4n) is 3.36. The van der Waals surface area contributed by atoms with Crippen molar-refractivity contribution in [3.63, 3.8) is 0 Å². The Labute approximate surface area is 156 Å². The number of carbonyl (C=O) groups is 1. The molecule has 136 valence electrons. The smallest absolute Gasteiger partial charge is 0.229 e. The number of carbonyl (C=O) groups excluding carboxylic acids is 1. The van der Waals surface area contributed by atoms with Crippen molar-refractivity contribution in [2.75, 3.05) is 51.3 Å². The predicted octanol–water partition coefficient (Wildman–Crippen LogP) is 2.19. The molecule has 0 bridgehead atoms. The zero-order valence-electron chi connectivity index (χ0n) is 14.3. The number of hydrogen-bond acceptors (Lipinski definition) is 4. The van der Waals surface area contributed by atoms with Crippen molar-refractivity contribution in [1.82, 2.24) is 10.2 Å². The Hall–Kier alpha value is -1.17. The molecule has 1 amide bonds. The van der Waals surface area contributed by atoms with Gasteiger partial charge >= 0.3 is 0 Å². The Kier molecular flexibility index (Phi) is 7.64. The van der Waals surface area contributed by atoms with E-state index in [9.17, 15) is 4.79 Å². The maximum absolute atomic E-state index is 12.7. The molecule has 7 heteroatoms. The third kappa shape index (κ3) is 4.26. The van der Waals surface area contributed by atoms with Crippen molar-refractivity contribution < 1.29 is 9.53 Å². The molecule has 0 radical (unpaired) electrons. The van der Waals surface area contributed by atoms with Gasteiger partial charge < -0.3 is 19.9 Å². The first-order valence-electron chi connectivity index (χ1n) is 8.01. The van der Waals surface area contributed by atoms with Gasteiger partial charge in [0.2, 0.25) is 5.91 Å². The van der Waals surface area contributed by atoms with E-state index in [-0.39, 0.29) is 30.2 Å². The highest BCUT2D eigenvalue weighted by Gasteiger charge is 2.39. The maximum Gasteiger partial charge on any atom is 0.229 e. The van der Waals surface area contributed by atoms with Crippen LogP contribution in [0.2, 0.25) is 0 Å². The number of piperazine rings is 1. The van der Waals surface area contributed by atoms with E-state index in [2.05, 4.69) is 29.3 Å². The number of halogens is 2. The number of nitrogens with one attached hydrogen (secondary N) is 1. The lowest BCUT2D eigenvalue weighted by atomic mass is 9.88. The number of nitrogens with zero attached hydrogens (tertiary/aromatic N) is 2. The Morgan fingerprint density at radius 3 is 2.50 bits per heavy atom. The zero-order valence-corrected chi connectivity index (χ0v) is 15.9. The van der Waals surface area contributed by atoms with Crippen LogP contribution in [0.4, 0.5) is 5.69 Å². The Balaban J connectivity index is 0.00000144. The molecule has 2 aliphatic rings. The van der Waals surface area contributed by atoms with Gasteiger partial charge in [0, 0.05) is 44.5 Å². The minimum atomic E-state index is -0.210. The van der Waals surface area contributed by atoms with E-state index in [0.29, 0.717) is 5.91 Å². The molecule has 0 aromatic heterocycles. The number of ether oxygens (including phenoxy) is 1. The van der Waals surface area contributed by atoms with E-state index >= 15 is 0 Å². The van der Waals surface area contributed by atoms with E-state index in [1.54, 1.807) is 7.11 Å². The van der Waals surface area contributed by atoms with Crippen molar-refractivity contribution in [2.45, 2.75) is 13.3 Å². The first kappa shape index (κ1) is 20.9. The number of methoxy groups -OCH3 is 1. The second-order valence-corrected chi connectivity index (χ2v) is 6.47. The Morgan fingerprint density at radius 1 is 1.21 bits per heavy atom. The van der Waals surface area contributed by atoms with E-state index in [1.807, 2.05) is 17.0 Å². The van der Waals surface area contributed by atoms with Gasteiger partial charge in [0.25, 0.3) is 0 Å². The highest BCUT2D eigenvalue weighted by atomic mass is 35.5. The quantitative estimate of drug-likeness (QED) is 0.879. The fraction of sp³-hybridized carbons (Fsp3) is 0.588. The molecule has 5 nitrogen and oxygen atoms in total. The van der Waals surface area contributed by atoms with Crippen LogP contribution in [0.25, 0.3) is 0 Å². The summed E-state index contributed by atoms with van der Waals surface area (Å²) in [6, 6.07) is 8.12. The molecule has 0 spiro atoms. The lowest BCUT2D eigenvalue weighted by molar-refractivity contribution is -0.140. The summed E-state index contributed by atoms with van der Waals surface area (Å²) in [4.78, 5) is 17.1. The van der Waals surface area contributed by atoms with Gasteiger partial charge in [-0.15, -0.1) is 24.8 Å². The molecule has 2 heterocycles. The summed E-state index contributed by atoms with van der Waals surface area (Å²) < 4.78 is 5.29. The Bertz CT molecular complexity index is 542. The number of benzene rings is 1. The van der Waals surface area contributed by atoms with Gasteiger partial charge in [0.05, 0.1) is 12.5 Å². The van der Waals surface area contributed by atoms with Gasteiger partial charge in [-0.1, -0.05) is 6.07 Å². The summed E-state index contributed by atoms with van der Waals surface area (Å²) in [6.45, 7) is 7.19. The monoisotopic (exact) mass is 375 g/mol. The van der Waals surface area contributed by atoms with Crippen LogP contribution in [-0.4, -0.2) is 57.2 Å². The molecule has 1 unspecified atom stereocenters.